The molecule has 39 heavy (non-hydrogen) atoms. The third-order valence-electron chi connectivity index (χ3n) is 5.49. The molecule has 0 saturated carbocycles. The molecule has 0 aliphatic heterocycles. The lowest BCUT2D eigenvalue weighted by Crippen LogP contribution is -2.57. The van der Waals surface area contributed by atoms with E-state index in [-0.39, 0.29) is 25.7 Å². The molecule has 214 valence electrons. The maximum atomic E-state index is 13.0. The van der Waals surface area contributed by atoms with Crippen LogP contribution in [0, 0.1) is 0 Å². The molecule has 15 nitrogen and oxygen atoms in total. The second kappa shape index (κ2) is 16.3. The van der Waals surface area contributed by atoms with Gasteiger partial charge in [-0.15, -0.1) is 0 Å². The number of carboxylic acids is 3. The summed E-state index contributed by atoms with van der Waals surface area (Å²) in [7, 11) is 0. The molecule has 10 N–H and O–H groups in total. The summed E-state index contributed by atoms with van der Waals surface area (Å²) in [5.74, 6) is -7.73. The minimum atomic E-state index is -1.56. The summed E-state index contributed by atoms with van der Waals surface area (Å²) in [6.07, 6.45) is -2.57. The van der Waals surface area contributed by atoms with E-state index in [4.69, 9.17) is 21.7 Å². The van der Waals surface area contributed by atoms with Crippen LogP contribution in [0.25, 0.3) is 0 Å². The molecule has 0 aliphatic rings. The fourth-order valence-electron chi connectivity index (χ4n) is 3.40. The van der Waals surface area contributed by atoms with E-state index < -0.39 is 85.0 Å². The molecule has 0 aliphatic carbocycles. The molecule has 0 heterocycles. The average molecular weight is 552 g/mol. The van der Waals surface area contributed by atoms with Crippen LogP contribution in [0.1, 0.15) is 44.1 Å². The normalized spacial score (nSPS) is 13.7. The number of carbonyl (C=O) groups is 7. The number of aliphatic carboxylic acids is 3. The Kier molecular flexibility index (Phi) is 13.6. The Morgan fingerprint density at radius 3 is 1.54 bits per heavy atom. The van der Waals surface area contributed by atoms with Gasteiger partial charge < -0.3 is 42.7 Å². The summed E-state index contributed by atoms with van der Waals surface area (Å²) < 4.78 is 0. The Morgan fingerprint density at radius 1 is 0.667 bits per heavy atom. The van der Waals surface area contributed by atoms with Gasteiger partial charge in [0.1, 0.15) is 18.1 Å². The molecular weight excluding hydrogens is 518 g/mol. The van der Waals surface area contributed by atoms with Crippen molar-refractivity contribution in [2.45, 2.75) is 69.1 Å². The highest BCUT2D eigenvalue weighted by Gasteiger charge is 2.31. The van der Waals surface area contributed by atoms with E-state index in [0.29, 0.717) is 0 Å². The van der Waals surface area contributed by atoms with Gasteiger partial charge in [0.25, 0.3) is 0 Å². The van der Waals surface area contributed by atoms with Crippen LogP contribution in [0.4, 0.5) is 0 Å². The van der Waals surface area contributed by atoms with Gasteiger partial charge in [0, 0.05) is 19.3 Å². The number of carbonyl (C=O) groups excluding carboxylic acids is 4. The maximum Gasteiger partial charge on any atom is 0.326 e. The summed E-state index contributed by atoms with van der Waals surface area (Å²) in [5.41, 5.74) is 11.7. The van der Waals surface area contributed by atoms with E-state index in [9.17, 15) is 38.7 Å². The predicted molar refractivity (Wildman–Crippen MR) is 134 cm³/mol. The largest absolute Gasteiger partial charge is 0.481 e. The molecule has 0 radical (unpaired) electrons. The van der Waals surface area contributed by atoms with Crippen LogP contribution in [0.15, 0.2) is 30.3 Å². The van der Waals surface area contributed by atoms with Crippen molar-refractivity contribution in [1.82, 2.24) is 16.0 Å². The number of benzene rings is 1. The van der Waals surface area contributed by atoms with E-state index in [2.05, 4.69) is 16.0 Å². The summed E-state index contributed by atoms with van der Waals surface area (Å²) in [6.45, 7) is 0. The highest BCUT2D eigenvalue weighted by atomic mass is 16.4. The van der Waals surface area contributed by atoms with Crippen LogP contribution in [0.5, 0.6) is 0 Å². The highest BCUT2D eigenvalue weighted by Crippen LogP contribution is 2.07. The van der Waals surface area contributed by atoms with Crippen molar-refractivity contribution >= 4 is 41.5 Å². The number of hydrogen-bond donors (Lipinski definition) is 8. The number of hydrogen-bond acceptors (Lipinski definition) is 8. The first-order valence-electron chi connectivity index (χ1n) is 12.0. The van der Waals surface area contributed by atoms with Crippen molar-refractivity contribution in [3.05, 3.63) is 35.9 Å². The van der Waals surface area contributed by atoms with Crippen molar-refractivity contribution in [1.29, 1.82) is 0 Å². The smallest absolute Gasteiger partial charge is 0.326 e. The van der Waals surface area contributed by atoms with Gasteiger partial charge in [0.15, 0.2) is 0 Å². The van der Waals surface area contributed by atoms with Crippen molar-refractivity contribution in [3.8, 4) is 0 Å². The van der Waals surface area contributed by atoms with Gasteiger partial charge in [-0.2, -0.15) is 0 Å². The fraction of sp³-hybridized carbons (Fsp3) is 0.458. The standard InChI is InChI=1S/C24H33N5O10/c25-14(12-13-4-2-1-3-5-13)21(35)27-15(7-10-19(31)32)22(36)28-16(8-11-20(33)34)23(37)29-17(24(38)39)6-9-18(26)30/h1-5,14-17H,6-12,25H2,(H2,26,30)(H,27,35)(H,28,36)(H,29,37)(H,31,32)(H,33,34)(H,38,39). The Hall–Kier alpha value is -4.53. The van der Waals surface area contributed by atoms with E-state index in [0.717, 1.165) is 5.56 Å². The van der Waals surface area contributed by atoms with Gasteiger partial charge >= 0.3 is 17.9 Å². The Bertz CT molecular complexity index is 1050. The van der Waals surface area contributed by atoms with Crippen LogP contribution in [0.2, 0.25) is 0 Å². The third kappa shape index (κ3) is 13.0. The van der Waals surface area contributed by atoms with Gasteiger partial charge in [-0.05, 0) is 31.2 Å². The summed E-state index contributed by atoms with van der Waals surface area (Å²) in [4.78, 5) is 83.1. The summed E-state index contributed by atoms with van der Waals surface area (Å²) >= 11 is 0. The molecule has 0 aromatic heterocycles. The number of primary amides is 1. The van der Waals surface area contributed by atoms with Gasteiger partial charge in [0.05, 0.1) is 6.04 Å². The minimum Gasteiger partial charge on any atom is -0.481 e. The van der Waals surface area contributed by atoms with Gasteiger partial charge in [-0.1, -0.05) is 30.3 Å². The van der Waals surface area contributed by atoms with E-state index in [1.165, 1.54) is 0 Å². The Morgan fingerprint density at radius 2 is 1.10 bits per heavy atom. The number of amides is 4. The van der Waals surface area contributed by atoms with Crippen molar-refractivity contribution in [2.24, 2.45) is 11.5 Å². The van der Waals surface area contributed by atoms with Crippen molar-refractivity contribution in [2.75, 3.05) is 0 Å². The Balaban J connectivity index is 3.03. The third-order valence-corrected chi connectivity index (χ3v) is 5.49. The molecule has 15 heteroatoms. The number of rotatable bonds is 18. The highest BCUT2D eigenvalue weighted by molar-refractivity contribution is 5.94. The lowest BCUT2D eigenvalue weighted by Gasteiger charge is -2.25. The van der Waals surface area contributed by atoms with Crippen LogP contribution in [-0.4, -0.2) is 81.0 Å². The van der Waals surface area contributed by atoms with Crippen molar-refractivity contribution < 1.29 is 48.9 Å². The summed E-state index contributed by atoms with van der Waals surface area (Å²) in [5, 5.41) is 34.1. The van der Waals surface area contributed by atoms with Crippen LogP contribution >= 0.6 is 0 Å². The topological polar surface area (TPSA) is 268 Å². The summed E-state index contributed by atoms with van der Waals surface area (Å²) in [6, 6.07) is 3.06. The number of carboxylic acid groups (broad SMARTS) is 3. The minimum absolute atomic E-state index is 0.117. The molecule has 4 amide bonds. The molecule has 0 bridgehead atoms. The molecule has 1 aromatic carbocycles. The SMILES string of the molecule is NC(=O)CCC(NC(=O)C(CCC(=O)O)NC(=O)C(CCC(=O)O)NC(=O)C(N)Cc1ccccc1)C(=O)O. The monoisotopic (exact) mass is 551 g/mol. The van der Waals surface area contributed by atoms with Gasteiger partial charge in [-0.25, -0.2) is 4.79 Å². The number of nitrogens with one attached hydrogen (secondary N) is 3. The predicted octanol–water partition coefficient (Wildman–Crippen LogP) is -1.91. The molecule has 1 rings (SSSR count). The molecule has 0 fully saturated rings. The number of nitrogens with two attached hydrogens (primary N) is 2. The first-order valence-corrected chi connectivity index (χ1v) is 12.0. The first kappa shape index (κ1) is 32.5. The van der Waals surface area contributed by atoms with E-state index in [1.54, 1.807) is 30.3 Å². The molecular formula is C24H33N5O10. The molecule has 4 unspecified atom stereocenters. The van der Waals surface area contributed by atoms with Crippen molar-refractivity contribution in [3.63, 3.8) is 0 Å². The zero-order valence-electron chi connectivity index (χ0n) is 21.0. The molecule has 0 spiro atoms. The lowest BCUT2D eigenvalue weighted by atomic mass is 10.0. The Labute approximate surface area is 223 Å². The lowest BCUT2D eigenvalue weighted by molar-refractivity contribution is -0.143. The molecule has 0 saturated heterocycles. The van der Waals surface area contributed by atoms with Crippen LogP contribution in [0.3, 0.4) is 0 Å². The van der Waals surface area contributed by atoms with Crippen LogP contribution < -0.4 is 27.4 Å². The second-order valence-electron chi connectivity index (χ2n) is 8.69. The van der Waals surface area contributed by atoms with Crippen LogP contribution in [-0.2, 0) is 40.0 Å². The molecule has 4 atom stereocenters. The quantitative estimate of drug-likeness (QED) is 0.0997. The fourth-order valence-corrected chi connectivity index (χ4v) is 3.40. The first-order chi connectivity index (χ1) is 18.3. The zero-order valence-corrected chi connectivity index (χ0v) is 21.0. The average Bonchev–Trinajstić information content (AvgIpc) is 2.86. The van der Waals surface area contributed by atoms with Gasteiger partial charge in [0.2, 0.25) is 23.6 Å². The zero-order chi connectivity index (χ0) is 29.5. The molecule has 1 aromatic rings. The van der Waals surface area contributed by atoms with E-state index in [1.807, 2.05) is 0 Å². The maximum absolute atomic E-state index is 13.0. The van der Waals surface area contributed by atoms with Gasteiger partial charge in [-0.3, -0.25) is 28.8 Å². The second-order valence-corrected chi connectivity index (χ2v) is 8.69. The van der Waals surface area contributed by atoms with E-state index >= 15 is 0 Å².